The molecule has 1 heterocycles. The van der Waals surface area contributed by atoms with Gasteiger partial charge in [-0.25, -0.2) is 0 Å². The van der Waals surface area contributed by atoms with E-state index in [0.29, 0.717) is 13.2 Å². The number of fused-ring (bicyclic) bond motifs is 1. The largest absolute Gasteiger partial charge is 0.482 e. The van der Waals surface area contributed by atoms with Crippen molar-refractivity contribution in [3.8, 4) is 5.75 Å². The molecule has 0 unspecified atom stereocenters. The Bertz CT molecular complexity index is 474. The van der Waals surface area contributed by atoms with Crippen LogP contribution in [0.15, 0.2) is 30.9 Å². The first kappa shape index (κ1) is 14.6. The van der Waals surface area contributed by atoms with Crippen molar-refractivity contribution in [1.29, 1.82) is 0 Å². The molecular weight excluding hydrogens is 256 g/mol. The van der Waals surface area contributed by atoms with Gasteiger partial charge in [0, 0.05) is 13.1 Å². The summed E-state index contributed by atoms with van der Waals surface area (Å²) in [6.45, 7) is 6.64. The van der Waals surface area contributed by atoms with Crippen LogP contribution >= 0.6 is 0 Å². The number of hydrogen-bond donors (Lipinski definition) is 2. The van der Waals surface area contributed by atoms with Gasteiger partial charge in [-0.2, -0.15) is 0 Å². The highest BCUT2D eigenvalue weighted by molar-refractivity contribution is 5.95. The molecule has 1 aromatic carbocycles. The lowest BCUT2D eigenvalue weighted by Crippen LogP contribution is -2.25. The zero-order chi connectivity index (χ0) is 14.2. The number of benzene rings is 1. The minimum Gasteiger partial charge on any atom is -0.482 e. The van der Waals surface area contributed by atoms with E-state index in [1.165, 1.54) is 0 Å². The summed E-state index contributed by atoms with van der Waals surface area (Å²) in [7, 11) is 0. The van der Waals surface area contributed by atoms with Crippen molar-refractivity contribution in [3.05, 3.63) is 36.4 Å². The van der Waals surface area contributed by atoms with Crippen molar-refractivity contribution in [1.82, 2.24) is 5.32 Å². The average Bonchev–Trinajstić information content (AvgIpc) is 2.46. The molecule has 5 nitrogen and oxygen atoms in total. The van der Waals surface area contributed by atoms with Gasteiger partial charge in [0.2, 0.25) is 0 Å². The maximum atomic E-state index is 11.2. The number of hydrogen-bond acceptors (Lipinski definition) is 4. The summed E-state index contributed by atoms with van der Waals surface area (Å²) < 4.78 is 10.7. The molecule has 0 radical (unpaired) electrons. The molecule has 0 spiro atoms. The van der Waals surface area contributed by atoms with Gasteiger partial charge in [-0.3, -0.25) is 4.79 Å². The van der Waals surface area contributed by atoms with Crippen molar-refractivity contribution < 1.29 is 14.3 Å². The van der Waals surface area contributed by atoms with Gasteiger partial charge >= 0.3 is 0 Å². The maximum absolute atomic E-state index is 11.2. The van der Waals surface area contributed by atoms with E-state index in [4.69, 9.17) is 9.47 Å². The van der Waals surface area contributed by atoms with Gasteiger partial charge in [0.25, 0.3) is 5.91 Å². The highest BCUT2D eigenvalue weighted by Crippen LogP contribution is 2.28. The van der Waals surface area contributed by atoms with Crippen LogP contribution in [0.4, 0.5) is 5.69 Å². The van der Waals surface area contributed by atoms with Gasteiger partial charge in [-0.1, -0.05) is 12.1 Å². The SMILES string of the molecule is C=CCCOCCNCc1ccc2c(c1)NC(=O)CO2. The molecule has 1 amide bonds. The van der Waals surface area contributed by atoms with E-state index in [2.05, 4.69) is 17.2 Å². The Morgan fingerprint density at radius 2 is 2.35 bits per heavy atom. The van der Waals surface area contributed by atoms with E-state index in [1.807, 2.05) is 24.3 Å². The Balaban J connectivity index is 1.72. The number of rotatable bonds is 8. The van der Waals surface area contributed by atoms with Crippen LogP contribution in [-0.2, 0) is 16.1 Å². The Morgan fingerprint density at radius 1 is 1.45 bits per heavy atom. The fraction of sp³-hybridized carbons (Fsp3) is 0.400. The van der Waals surface area contributed by atoms with E-state index in [9.17, 15) is 4.79 Å². The molecule has 2 N–H and O–H groups in total. The van der Waals surface area contributed by atoms with Crippen LogP contribution in [0, 0.1) is 0 Å². The molecule has 2 rings (SSSR count). The molecule has 1 aliphatic heterocycles. The summed E-state index contributed by atoms with van der Waals surface area (Å²) >= 11 is 0. The monoisotopic (exact) mass is 276 g/mol. The van der Waals surface area contributed by atoms with Gasteiger partial charge in [0.15, 0.2) is 6.61 Å². The smallest absolute Gasteiger partial charge is 0.262 e. The normalized spacial score (nSPS) is 13.3. The Morgan fingerprint density at radius 3 is 3.20 bits per heavy atom. The quantitative estimate of drug-likeness (QED) is 0.560. The molecule has 0 aliphatic carbocycles. The predicted octanol–water partition coefficient (Wildman–Crippen LogP) is 1.70. The van der Waals surface area contributed by atoms with E-state index >= 15 is 0 Å². The molecule has 20 heavy (non-hydrogen) atoms. The summed E-state index contributed by atoms with van der Waals surface area (Å²) in [5.74, 6) is 0.610. The van der Waals surface area contributed by atoms with Gasteiger partial charge in [0.1, 0.15) is 5.75 Å². The van der Waals surface area contributed by atoms with Crippen LogP contribution in [0.2, 0.25) is 0 Å². The topological polar surface area (TPSA) is 59.6 Å². The second-order valence-electron chi connectivity index (χ2n) is 4.53. The van der Waals surface area contributed by atoms with Crippen molar-refractivity contribution in [2.24, 2.45) is 0 Å². The third-order valence-electron chi connectivity index (χ3n) is 2.90. The highest BCUT2D eigenvalue weighted by atomic mass is 16.5. The van der Waals surface area contributed by atoms with Crippen LogP contribution in [0.25, 0.3) is 0 Å². The first-order valence-corrected chi connectivity index (χ1v) is 6.74. The number of nitrogens with one attached hydrogen (secondary N) is 2. The molecule has 0 bridgehead atoms. The Kier molecular flexibility index (Phi) is 5.58. The Labute approximate surface area is 119 Å². The second kappa shape index (κ2) is 7.67. The zero-order valence-electron chi connectivity index (χ0n) is 11.5. The van der Waals surface area contributed by atoms with Crippen molar-refractivity contribution in [3.63, 3.8) is 0 Å². The molecule has 1 aromatic rings. The number of carbonyl (C=O) groups excluding carboxylic acids is 1. The van der Waals surface area contributed by atoms with Gasteiger partial charge < -0.3 is 20.1 Å². The molecule has 0 aromatic heterocycles. The van der Waals surface area contributed by atoms with E-state index < -0.39 is 0 Å². The number of ether oxygens (including phenoxy) is 2. The molecule has 0 saturated carbocycles. The lowest BCUT2D eigenvalue weighted by molar-refractivity contribution is -0.118. The molecule has 108 valence electrons. The first-order chi connectivity index (χ1) is 9.79. The van der Waals surface area contributed by atoms with E-state index in [1.54, 1.807) is 0 Å². The molecule has 1 aliphatic rings. The third kappa shape index (κ3) is 4.36. The summed E-state index contributed by atoms with van der Waals surface area (Å²) in [5.41, 5.74) is 1.84. The minimum absolute atomic E-state index is 0.0899. The highest BCUT2D eigenvalue weighted by Gasteiger charge is 2.15. The van der Waals surface area contributed by atoms with Crippen molar-refractivity contribution >= 4 is 11.6 Å². The van der Waals surface area contributed by atoms with Gasteiger partial charge in [-0.15, -0.1) is 6.58 Å². The van der Waals surface area contributed by atoms with Gasteiger partial charge in [-0.05, 0) is 24.1 Å². The van der Waals surface area contributed by atoms with Crippen LogP contribution in [-0.4, -0.2) is 32.3 Å². The average molecular weight is 276 g/mol. The minimum atomic E-state index is -0.113. The second-order valence-corrected chi connectivity index (χ2v) is 4.53. The molecule has 0 fully saturated rings. The number of amides is 1. The van der Waals surface area contributed by atoms with Crippen LogP contribution in [0.3, 0.4) is 0 Å². The van der Waals surface area contributed by atoms with Crippen LogP contribution in [0.5, 0.6) is 5.75 Å². The molecule has 5 heteroatoms. The first-order valence-electron chi connectivity index (χ1n) is 6.74. The fourth-order valence-corrected chi connectivity index (χ4v) is 1.89. The van der Waals surface area contributed by atoms with E-state index in [-0.39, 0.29) is 12.5 Å². The van der Waals surface area contributed by atoms with Crippen LogP contribution < -0.4 is 15.4 Å². The van der Waals surface area contributed by atoms with Gasteiger partial charge in [0.05, 0.1) is 18.9 Å². The summed E-state index contributed by atoms with van der Waals surface area (Å²) in [6.07, 6.45) is 2.72. The predicted molar refractivity (Wildman–Crippen MR) is 77.9 cm³/mol. The molecule has 0 saturated heterocycles. The van der Waals surface area contributed by atoms with Crippen molar-refractivity contribution in [2.45, 2.75) is 13.0 Å². The lowest BCUT2D eigenvalue weighted by Gasteiger charge is -2.18. The summed E-state index contributed by atoms with van der Waals surface area (Å²) in [4.78, 5) is 11.2. The number of anilines is 1. The zero-order valence-corrected chi connectivity index (χ0v) is 11.5. The third-order valence-corrected chi connectivity index (χ3v) is 2.90. The maximum Gasteiger partial charge on any atom is 0.262 e. The number of carbonyl (C=O) groups is 1. The van der Waals surface area contributed by atoms with E-state index in [0.717, 1.165) is 36.5 Å². The lowest BCUT2D eigenvalue weighted by atomic mass is 10.1. The molecular formula is C15H20N2O3. The summed E-state index contributed by atoms with van der Waals surface area (Å²) in [5, 5.41) is 6.09. The van der Waals surface area contributed by atoms with Crippen LogP contribution in [0.1, 0.15) is 12.0 Å². The Hall–Kier alpha value is -1.85. The standard InChI is InChI=1S/C15H20N2O3/c1-2-3-7-19-8-6-16-10-12-4-5-14-13(9-12)17-15(18)11-20-14/h2,4-5,9,16H,1,3,6-8,10-11H2,(H,17,18). The molecule has 0 atom stereocenters. The van der Waals surface area contributed by atoms with Crippen molar-refractivity contribution in [2.75, 3.05) is 31.7 Å². The summed E-state index contributed by atoms with van der Waals surface area (Å²) in [6, 6.07) is 5.80. The fourth-order valence-electron chi connectivity index (χ4n) is 1.89.